The SMILES string of the molecule is Cc1cnnc(N2CCc3ccccc3C2CN)c1. The van der Waals surface area contributed by atoms with E-state index in [0.29, 0.717) is 6.54 Å². The summed E-state index contributed by atoms with van der Waals surface area (Å²) in [5.41, 5.74) is 9.84. The molecule has 0 amide bonds. The van der Waals surface area contributed by atoms with Crippen molar-refractivity contribution in [1.82, 2.24) is 10.2 Å². The third-order valence-electron chi connectivity index (χ3n) is 3.71. The van der Waals surface area contributed by atoms with Crippen molar-refractivity contribution in [3.8, 4) is 0 Å². The molecule has 3 rings (SSSR count). The molecule has 2 N–H and O–H groups in total. The summed E-state index contributed by atoms with van der Waals surface area (Å²) in [4.78, 5) is 2.27. The number of nitrogens with zero attached hydrogens (tertiary/aromatic N) is 3. The third kappa shape index (κ3) is 2.19. The summed E-state index contributed by atoms with van der Waals surface area (Å²) in [5, 5.41) is 8.31. The van der Waals surface area contributed by atoms with Crippen LogP contribution >= 0.6 is 0 Å². The topological polar surface area (TPSA) is 55.0 Å². The average Bonchev–Trinajstić information content (AvgIpc) is 2.46. The van der Waals surface area contributed by atoms with Crippen molar-refractivity contribution in [3.63, 3.8) is 0 Å². The van der Waals surface area contributed by atoms with Crippen LogP contribution in [0.25, 0.3) is 0 Å². The van der Waals surface area contributed by atoms with E-state index < -0.39 is 0 Å². The predicted octanol–water partition coefficient (Wildman–Crippen LogP) is 1.85. The lowest BCUT2D eigenvalue weighted by Gasteiger charge is -2.37. The summed E-state index contributed by atoms with van der Waals surface area (Å²) in [7, 11) is 0. The van der Waals surface area contributed by atoms with Crippen molar-refractivity contribution in [2.24, 2.45) is 5.73 Å². The van der Waals surface area contributed by atoms with E-state index in [2.05, 4.69) is 45.4 Å². The molecule has 1 aromatic carbocycles. The number of fused-ring (bicyclic) bond motifs is 1. The Morgan fingerprint density at radius 2 is 2.21 bits per heavy atom. The predicted molar refractivity (Wildman–Crippen MR) is 76.1 cm³/mol. The molecule has 0 radical (unpaired) electrons. The number of aryl methyl sites for hydroxylation is 1. The Balaban J connectivity index is 2.00. The molecular weight excluding hydrogens is 236 g/mol. The zero-order valence-electron chi connectivity index (χ0n) is 11.1. The lowest BCUT2D eigenvalue weighted by molar-refractivity contribution is 0.580. The summed E-state index contributed by atoms with van der Waals surface area (Å²) in [6.07, 6.45) is 2.81. The Bertz CT molecular complexity index is 582. The molecule has 1 aliphatic heterocycles. The van der Waals surface area contributed by atoms with Gasteiger partial charge in [-0.3, -0.25) is 0 Å². The second-order valence-corrected chi connectivity index (χ2v) is 4.98. The van der Waals surface area contributed by atoms with Gasteiger partial charge in [0.15, 0.2) is 5.82 Å². The number of nitrogens with two attached hydrogens (primary N) is 1. The highest BCUT2D eigenvalue weighted by atomic mass is 15.3. The molecule has 0 saturated carbocycles. The van der Waals surface area contributed by atoms with E-state index >= 15 is 0 Å². The smallest absolute Gasteiger partial charge is 0.152 e. The van der Waals surface area contributed by atoms with E-state index in [0.717, 1.165) is 24.3 Å². The molecule has 2 heterocycles. The van der Waals surface area contributed by atoms with Crippen LogP contribution in [0.3, 0.4) is 0 Å². The fourth-order valence-corrected chi connectivity index (χ4v) is 2.77. The molecule has 1 aliphatic rings. The van der Waals surface area contributed by atoms with E-state index in [1.807, 2.05) is 6.92 Å². The van der Waals surface area contributed by atoms with Crippen LogP contribution < -0.4 is 10.6 Å². The van der Waals surface area contributed by atoms with Crippen molar-refractivity contribution in [1.29, 1.82) is 0 Å². The Hall–Kier alpha value is -1.94. The first-order valence-electron chi connectivity index (χ1n) is 6.63. The van der Waals surface area contributed by atoms with Crippen LogP contribution in [0.5, 0.6) is 0 Å². The maximum Gasteiger partial charge on any atom is 0.152 e. The molecule has 2 aromatic rings. The molecule has 0 saturated heterocycles. The Labute approximate surface area is 113 Å². The Kier molecular flexibility index (Phi) is 3.17. The zero-order chi connectivity index (χ0) is 13.2. The molecule has 0 fully saturated rings. The van der Waals surface area contributed by atoms with Gasteiger partial charge in [0.25, 0.3) is 0 Å². The zero-order valence-corrected chi connectivity index (χ0v) is 11.1. The molecule has 1 unspecified atom stereocenters. The lowest BCUT2D eigenvalue weighted by atomic mass is 9.92. The highest BCUT2D eigenvalue weighted by Gasteiger charge is 2.27. The normalized spacial score (nSPS) is 18.2. The highest BCUT2D eigenvalue weighted by Crippen LogP contribution is 2.31. The van der Waals surface area contributed by atoms with Gasteiger partial charge in [0.2, 0.25) is 0 Å². The van der Waals surface area contributed by atoms with Crippen LogP contribution in [0.2, 0.25) is 0 Å². The fraction of sp³-hybridized carbons (Fsp3) is 0.333. The Morgan fingerprint density at radius 1 is 1.37 bits per heavy atom. The van der Waals surface area contributed by atoms with Gasteiger partial charge < -0.3 is 10.6 Å². The number of hydrogen-bond acceptors (Lipinski definition) is 4. The minimum absolute atomic E-state index is 0.195. The number of anilines is 1. The molecule has 4 nitrogen and oxygen atoms in total. The van der Waals surface area contributed by atoms with Crippen LogP contribution in [0, 0.1) is 6.92 Å². The van der Waals surface area contributed by atoms with Gasteiger partial charge >= 0.3 is 0 Å². The van der Waals surface area contributed by atoms with E-state index in [1.54, 1.807) is 6.20 Å². The number of benzene rings is 1. The van der Waals surface area contributed by atoms with Crippen molar-refractivity contribution < 1.29 is 0 Å². The third-order valence-corrected chi connectivity index (χ3v) is 3.71. The summed E-state index contributed by atoms with van der Waals surface area (Å²) in [6.45, 7) is 3.57. The van der Waals surface area contributed by atoms with Crippen molar-refractivity contribution >= 4 is 5.82 Å². The second kappa shape index (κ2) is 4.97. The average molecular weight is 254 g/mol. The number of aromatic nitrogens is 2. The van der Waals surface area contributed by atoms with E-state index in [1.165, 1.54) is 11.1 Å². The molecule has 0 aliphatic carbocycles. The molecule has 98 valence electrons. The van der Waals surface area contributed by atoms with Gasteiger partial charge in [0.05, 0.1) is 12.2 Å². The molecule has 0 spiro atoms. The highest BCUT2D eigenvalue weighted by molar-refractivity contribution is 5.48. The van der Waals surface area contributed by atoms with Crippen LogP contribution in [0.15, 0.2) is 36.5 Å². The van der Waals surface area contributed by atoms with E-state index in [9.17, 15) is 0 Å². The standard InChI is InChI=1S/C15H18N4/c1-11-8-15(18-17-10-11)19-7-6-12-4-2-3-5-13(12)14(19)9-16/h2-5,8,10,14H,6-7,9,16H2,1H3. The second-order valence-electron chi connectivity index (χ2n) is 4.98. The van der Waals surface area contributed by atoms with Crippen LogP contribution in [0.1, 0.15) is 22.7 Å². The Morgan fingerprint density at radius 3 is 3.00 bits per heavy atom. The van der Waals surface area contributed by atoms with E-state index in [-0.39, 0.29) is 6.04 Å². The molecule has 1 aromatic heterocycles. The van der Waals surface area contributed by atoms with Crippen LogP contribution in [-0.4, -0.2) is 23.3 Å². The largest absolute Gasteiger partial charge is 0.346 e. The minimum atomic E-state index is 0.195. The van der Waals surface area contributed by atoms with Gasteiger partial charge in [-0.1, -0.05) is 24.3 Å². The van der Waals surface area contributed by atoms with Gasteiger partial charge in [0.1, 0.15) is 0 Å². The summed E-state index contributed by atoms with van der Waals surface area (Å²) in [6, 6.07) is 10.8. The summed E-state index contributed by atoms with van der Waals surface area (Å²) >= 11 is 0. The van der Waals surface area contributed by atoms with E-state index in [4.69, 9.17) is 5.73 Å². The van der Waals surface area contributed by atoms with Gasteiger partial charge in [-0.15, -0.1) is 5.10 Å². The van der Waals surface area contributed by atoms with Gasteiger partial charge in [-0.05, 0) is 36.1 Å². The lowest BCUT2D eigenvalue weighted by Crippen LogP contribution is -2.40. The molecule has 19 heavy (non-hydrogen) atoms. The van der Waals surface area contributed by atoms with Gasteiger partial charge in [-0.2, -0.15) is 5.10 Å². The maximum absolute atomic E-state index is 5.99. The first-order chi connectivity index (χ1) is 9.29. The number of rotatable bonds is 2. The fourth-order valence-electron chi connectivity index (χ4n) is 2.77. The first kappa shape index (κ1) is 12.1. The quantitative estimate of drug-likeness (QED) is 0.888. The maximum atomic E-state index is 5.99. The summed E-state index contributed by atoms with van der Waals surface area (Å²) < 4.78 is 0. The van der Waals surface area contributed by atoms with Crippen molar-refractivity contribution in [2.75, 3.05) is 18.0 Å². The number of hydrogen-bond donors (Lipinski definition) is 1. The molecule has 0 bridgehead atoms. The van der Waals surface area contributed by atoms with Crippen LogP contribution in [-0.2, 0) is 6.42 Å². The van der Waals surface area contributed by atoms with Crippen LogP contribution in [0.4, 0.5) is 5.82 Å². The molecule has 4 heteroatoms. The van der Waals surface area contributed by atoms with Crippen molar-refractivity contribution in [2.45, 2.75) is 19.4 Å². The van der Waals surface area contributed by atoms with Gasteiger partial charge in [0, 0.05) is 13.1 Å². The van der Waals surface area contributed by atoms with Crippen molar-refractivity contribution in [3.05, 3.63) is 53.2 Å². The van der Waals surface area contributed by atoms with Gasteiger partial charge in [-0.25, -0.2) is 0 Å². The molecule has 1 atom stereocenters. The monoisotopic (exact) mass is 254 g/mol. The summed E-state index contributed by atoms with van der Waals surface area (Å²) in [5.74, 6) is 0.921. The first-order valence-corrected chi connectivity index (χ1v) is 6.63. The minimum Gasteiger partial charge on any atom is -0.346 e. The molecular formula is C15H18N4.